The fraction of sp³-hybridized carbons (Fsp3) is 0.385. The molecule has 1 aromatic heterocycles. The second-order valence-corrected chi connectivity index (χ2v) is 8.94. The van der Waals surface area contributed by atoms with Gasteiger partial charge in [-0.3, -0.25) is 4.79 Å². The van der Waals surface area contributed by atoms with Crippen LogP contribution in [0.4, 0.5) is 5.69 Å². The molecule has 0 unspecified atom stereocenters. The van der Waals surface area contributed by atoms with Gasteiger partial charge in [0.15, 0.2) is 5.11 Å². The lowest BCUT2D eigenvalue weighted by atomic mass is 10.0. The van der Waals surface area contributed by atoms with Crippen LogP contribution in [0, 0.1) is 13.8 Å². The van der Waals surface area contributed by atoms with Crippen molar-refractivity contribution in [1.29, 1.82) is 0 Å². The smallest absolute Gasteiger partial charge is 0.253 e. The molecule has 1 fully saturated rings. The number of aryl methyl sites for hydroxylation is 3. The van der Waals surface area contributed by atoms with Crippen LogP contribution in [-0.4, -0.2) is 34.3 Å². The Morgan fingerprint density at radius 2 is 2.03 bits per heavy atom. The molecule has 3 aromatic rings. The minimum Gasteiger partial charge on any atom is -0.376 e. The number of hydrogen-bond donors (Lipinski definition) is 2. The lowest BCUT2D eigenvalue weighted by Crippen LogP contribution is -2.40. The number of hydrogen-bond acceptors (Lipinski definition) is 3. The second kappa shape index (κ2) is 9.84. The minimum absolute atomic E-state index is 0.0692. The van der Waals surface area contributed by atoms with Gasteiger partial charge in [0.2, 0.25) is 0 Å². The maximum atomic E-state index is 13.0. The highest BCUT2D eigenvalue weighted by molar-refractivity contribution is 7.80. The largest absolute Gasteiger partial charge is 0.376 e. The third-order valence-corrected chi connectivity index (χ3v) is 6.72. The van der Waals surface area contributed by atoms with Crippen molar-refractivity contribution in [3.05, 3.63) is 75.1 Å². The van der Waals surface area contributed by atoms with Crippen LogP contribution < -0.4 is 10.9 Å². The SMILES string of the molecule is CCc1ccccc1NC(=S)N(Cc1cc2ccc(C)c(C)c2[nH]c1=O)C[C@@H]1CCCO1. The number of H-pyrrole nitrogens is 1. The molecule has 32 heavy (non-hydrogen) atoms. The fourth-order valence-electron chi connectivity index (χ4n) is 4.29. The first-order valence-electron chi connectivity index (χ1n) is 11.3. The van der Waals surface area contributed by atoms with E-state index in [2.05, 4.69) is 47.2 Å². The number of para-hydroxylation sites is 1. The Morgan fingerprint density at radius 1 is 1.22 bits per heavy atom. The molecule has 6 heteroatoms. The fourth-order valence-corrected chi connectivity index (χ4v) is 4.54. The predicted octanol–water partition coefficient (Wildman–Crippen LogP) is 5.09. The molecule has 1 aliphatic rings. The van der Waals surface area contributed by atoms with Crippen LogP contribution in [0.25, 0.3) is 10.9 Å². The third-order valence-electron chi connectivity index (χ3n) is 6.36. The number of fused-ring (bicyclic) bond motifs is 1. The standard InChI is InChI=1S/C26H31N3O2S/c1-4-19-8-5-6-10-23(19)27-26(32)29(16-22-9-7-13-31-22)15-21-14-20-12-11-17(2)18(3)24(20)28-25(21)30/h5-6,8,10-12,14,22H,4,7,9,13,15-16H2,1-3H3,(H,27,32)(H,28,30)/t22-/m0/s1. The van der Waals surface area contributed by atoms with E-state index in [4.69, 9.17) is 17.0 Å². The van der Waals surface area contributed by atoms with Crippen LogP contribution in [0.5, 0.6) is 0 Å². The van der Waals surface area contributed by atoms with Crippen molar-refractivity contribution in [2.45, 2.75) is 52.7 Å². The van der Waals surface area contributed by atoms with Gasteiger partial charge >= 0.3 is 0 Å². The molecule has 0 saturated carbocycles. The molecule has 0 aliphatic carbocycles. The average molecular weight is 450 g/mol. The summed E-state index contributed by atoms with van der Waals surface area (Å²) in [4.78, 5) is 18.1. The molecule has 1 aliphatic heterocycles. The van der Waals surface area contributed by atoms with Crippen LogP contribution in [0.1, 0.15) is 42.0 Å². The first kappa shape index (κ1) is 22.5. The molecule has 2 aromatic carbocycles. The first-order chi connectivity index (χ1) is 15.5. The number of ether oxygens (including phenoxy) is 1. The van der Waals surface area contributed by atoms with Gasteiger partial charge in [-0.1, -0.05) is 37.3 Å². The summed E-state index contributed by atoms with van der Waals surface area (Å²) in [6.07, 6.45) is 3.12. The van der Waals surface area contributed by atoms with Crippen molar-refractivity contribution in [3.8, 4) is 0 Å². The van der Waals surface area contributed by atoms with E-state index in [0.29, 0.717) is 23.8 Å². The number of aromatic nitrogens is 1. The average Bonchev–Trinajstić information content (AvgIpc) is 3.30. The maximum Gasteiger partial charge on any atom is 0.253 e. The summed E-state index contributed by atoms with van der Waals surface area (Å²) in [7, 11) is 0. The minimum atomic E-state index is -0.0692. The lowest BCUT2D eigenvalue weighted by Gasteiger charge is -2.28. The number of pyridine rings is 1. The van der Waals surface area contributed by atoms with Gasteiger partial charge < -0.3 is 19.9 Å². The topological polar surface area (TPSA) is 57.4 Å². The number of nitrogens with zero attached hydrogens (tertiary/aromatic N) is 1. The van der Waals surface area contributed by atoms with Gasteiger partial charge in [0, 0.05) is 24.4 Å². The molecule has 0 bridgehead atoms. The number of benzene rings is 2. The molecule has 4 rings (SSSR count). The zero-order valence-electron chi connectivity index (χ0n) is 19.0. The van der Waals surface area contributed by atoms with Crippen molar-refractivity contribution in [1.82, 2.24) is 9.88 Å². The Labute approximate surface area is 194 Å². The van der Waals surface area contributed by atoms with Gasteiger partial charge in [0.25, 0.3) is 5.56 Å². The molecule has 0 radical (unpaired) electrons. The van der Waals surface area contributed by atoms with E-state index in [-0.39, 0.29) is 11.7 Å². The van der Waals surface area contributed by atoms with Crippen LogP contribution in [0.2, 0.25) is 0 Å². The van der Waals surface area contributed by atoms with E-state index >= 15 is 0 Å². The second-order valence-electron chi connectivity index (χ2n) is 8.55. The van der Waals surface area contributed by atoms with Crippen molar-refractivity contribution in [3.63, 3.8) is 0 Å². The lowest BCUT2D eigenvalue weighted by molar-refractivity contribution is 0.0904. The number of aromatic amines is 1. The predicted molar refractivity (Wildman–Crippen MR) is 135 cm³/mol. The molecule has 1 saturated heterocycles. The maximum absolute atomic E-state index is 13.0. The Kier molecular flexibility index (Phi) is 6.92. The Morgan fingerprint density at radius 3 is 2.78 bits per heavy atom. The number of anilines is 1. The van der Waals surface area contributed by atoms with Gasteiger partial charge in [0.1, 0.15) is 0 Å². The van der Waals surface area contributed by atoms with Gasteiger partial charge in [-0.2, -0.15) is 0 Å². The highest BCUT2D eigenvalue weighted by atomic mass is 32.1. The summed E-state index contributed by atoms with van der Waals surface area (Å²) in [5.74, 6) is 0. The summed E-state index contributed by atoms with van der Waals surface area (Å²) in [5, 5.41) is 5.07. The Hall–Kier alpha value is -2.70. The molecular weight excluding hydrogens is 418 g/mol. The van der Waals surface area contributed by atoms with Crippen LogP contribution in [-0.2, 0) is 17.7 Å². The van der Waals surface area contributed by atoms with E-state index in [1.54, 1.807) is 0 Å². The van der Waals surface area contributed by atoms with Crippen LogP contribution in [0.15, 0.2) is 47.3 Å². The quantitative estimate of drug-likeness (QED) is 0.514. The zero-order chi connectivity index (χ0) is 22.7. The molecule has 2 N–H and O–H groups in total. The van der Waals surface area contributed by atoms with Gasteiger partial charge in [-0.15, -0.1) is 0 Å². The van der Waals surface area contributed by atoms with Crippen LogP contribution >= 0.6 is 12.2 Å². The third kappa shape index (κ3) is 4.87. The van der Waals surface area contributed by atoms with Gasteiger partial charge in [-0.25, -0.2) is 0 Å². The van der Waals surface area contributed by atoms with E-state index in [0.717, 1.165) is 48.0 Å². The Balaban J connectivity index is 1.63. The monoisotopic (exact) mass is 449 g/mol. The van der Waals surface area contributed by atoms with Crippen molar-refractivity contribution in [2.24, 2.45) is 0 Å². The molecule has 1 atom stereocenters. The summed E-state index contributed by atoms with van der Waals surface area (Å²) in [6.45, 7) is 8.10. The summed E-state index contributed by atoms with van der Waals surface area (Å²) in [5.41, 5.74) is 6.03. The van der Waals surface area contributed by atoms with E-state index in [1.165, 1.54) is 11.1 Å². The number of nitrogens with one attached hydrogen (secondary N) is 2. The number of thiocarbonyl (C=S) groups is 1. The van der Waals surface area contributed by atoms with Crippen LogP contribution in [0.3, 0.4) is 0 Å². The molecule has 0 amide bonds. The highest BCUT2D eigenvalue weighted by Crippen LogP contribution is 2.22. The van der Waals surface area contributed by atoms with Crippen molar-refractivity contribution in [2.75, 3.05) is 18.5 Å². The summed E-state index contributed by atoms with van der Waals surface area (Å²) in [6, 6.07) is 14.3. The molecule has 0 spiro atoms. The van der Waals surface area contributed by atoms with Gasteiger partial charge in [-0.05, 0) is 79.5 Å². The van der Waals surface area contributed by atoms with Crippen molar-refractivity contribution < 1.29 is 4.74 Å². The molecular formula is C26H31N3O2S. The summed E-state index contributed by atoms with van der Waals surface area (Å²) >= 11 is 5.82. The summed E-state index contributed by atoms with van der Waals surface area (Å²) < 4.78 is 5.88. The van der Waals surface area contributed by atoms with Crippen molar-refractivity contribution >= 4 is 33.9 Å². The van der Waals surface area contributed by atoms with Gasteiger partial charge in [0.05, 0.1) is 18.2 Å². The van der Waals surface area contributed by atoms with E-state index in [1.807, 2.05) is 31.2 Å². The molecule has 5 nitrogen and oxygen atoms in total. The number of rotatable bonds is 6. The highest BCUT2D eigenvalue weighted by Gasteiger charge is 2.22. The zero-order valence-corrected chi connectivity index (χ0v) is 19.8. The Bertz CT molecular complexity index is 1180. The molecule has 168 valence electrons. The van der Waals surface area contributed by atoms with E-state index < -0.39 is 0 Å². The first-order valence-corrected chi connectivity index (χ1v) is 11.7. The molecule has 2 heterocycles. The van der Waals surface area contributed by atoms with E-state index in [9.17, 15) is 4.79 Å². The normalized spacial score (nSPS) is 15.8.